The largest absolute Gasteiger partial charge is 0.436 e. The molecule has 4 aromatic heterocycles. The van der Waals surface area contributed by atoms with E-state index in [1.165, 1.54) is 5.39 Å². The third-order valence-corrected chi connectivity index (χ3v) is 7.37. The molecule has 4 aromatic carbocycles. The summed E-state index contributed by atoms with van der Waals surface area (Å²) in [6.07, 6.45) is 5.56. The molecule has 0 aliphatic heterocycles. The highest BCUT2D eigenvalue weighted by Gasteiger charge is 2.18. The number of hydrogen-bond acceptors (Lipinski definition) is 4. The summed E-state index contributed by atoms with van der Waals surface area (Å²) < 4.78 is 8.48. The van der Waals surface area contributed by atoms with Crippen LogP contribution in [-0.4, -0.2) is 19.5 Å². The summed E-state index contributed by atoms with van der Waals surface area (Å²) in [5.74, 6) is 0.606. The molecule has 0 saturated heterocycles. The van der Waals surface area contributed by atoms with Crippen LogP contribution in [0.2, 0.25) is 0 Å². The summed E-state index contributed by atoms with van der Waals surface area (Å²) in [7, 11) is 0. The minimum Gasteiger partial charge on any atom is -0.436 e. The van der Waals surface area contributed by atoms with Gasteiger partial charge in [-0.05, 0) is 66.2 Å². The third kappa shape index (κ3) is 3.60. The predicted molar refractivity (Wildman–Crippen MR) is 160 cm³/mol. The van der Waals surface area contributed by atoms with Gasteiger partial charge in [-0.3, -0.25) is 9.97 Å². The molecular weight excluding hydrogens is 492 g/mol. The van der Waals surface area contributed by atoms with E-state index in [2.05, 4.69) is 81.3 Å². The number of pyridine rings is 2. The zero-order valence-electron chi connectivity index (χ0n) is 21.4. The first-order valence-corrected chi connectivity index (χ1v) is 13.2. The van der Waals surface area contributed by atoms with Crippen LogP contribution in [0.15, 0.2) is 138 Å². The average Bonchev–Trinajstić information content (AvgIpc) is 3.61. The lowest BCUT2D eigenvalue weighted by Crippen LogP contribution is -1.95. The zero-order chi connectivity index (χ0) is 26.5. The van der Waals surface area contributed by atoms with E-state index in [0.29, 0.717) is 5.89 Å². The Bertz CT molecular complexity index is 2130. The van der Waals surface area contributed by atoms with Gasteiger partial charge < -0.3 is 8.98 Å². The van der Waals surface area contributed by atoms with Gasteiger partial charge in [0.05, 0.1) is 16.7 Å². The van der Waals surface area contributed by atoms with Crippen molar-refractivity contribution < 1.29 is 4.42 Å². The van der Waals surface area contributed by atoms with Gasteiger partial charge in [-0.25, -0.2) is 4.98 Å². The van der Waals surface area contributed by atoms with E-state index in [4.69, 9.17) is 9.40 Å². The van der Waals surface area contributed by atoms with Gasteiger partial charge in [0, 0.05) is 51.7 Å². The van der Waals surface area contributed by atoms with Crippen molar-refractivity contribution in [3.05, 3.63) is 134 Å². The number of nitrogens with zero attached hydrogens (tertiary/aromatic N) is 4. The van der Waals surface area contributed by atoms with E-state index in [0.717, 1.165) is 61.2 Å². The van der Waals surface area contributed by atoms with E-state index in [1.807, 2.05) is 67.1 Å². The molecule has 5 nitrogen and oxygen atoms in total. The summed E-state index contributed by atoms with van der Waals surface area (Å²) in [5, 5.41) is 2.33. The van der Waals surface area contributed by atoms with Crippen molar-refractivity contribution >= 4 is 32.9 Å². The van der Waals surface area contributed by atoms with Gasteiger partial charge in [0.1, 0.15) is 5.52 Å². The normalized spacial score (nSPS) is 11.5. The summed E-state index contributed by atoms with van der Waals surface area (Å²) in [6, 6.07) is 39.4. The summed E-state index contributed by atoms with van der Waals surface area (Å²) in [4.78, 5) is 13.8. The highest BCUT2D eigenvalue weighted by atomic mass is 16.3. The highest BCUT2D eigenvalue weighted by molar-refractivity contribution is 6.16. The molecule has 0 aliphatic carbocycles. The lowest BCUT2D eigenvalue weighted by Gasteiger charge is -2.11. The molecule has 8 rings (SSSR count). The van der Waals surface area contributed by atoms with Gasteiger partial charge in [0.2, 0.25) is 5.89 Å². The number of fused-ring (bicyclic) bond motifs is 4. The maximum atomic E-state index is 6.16. The summed E-state index contributed by atoms with van der Waals surface area (Å²) in [5.41, 5.74) is 10.0. The summed E-state index contributed by atoms with van der Waals surface area (Å²) >= 11 is 0. The fourth-order valence-electron chi connectivity index (χ4n) is 5.57. The van der Waals surface area contributed by atoms with Crippen LogP contribution in [0.4, 0.5) is 0 Å². The molecular formula is C35H22N4O. The van der Waals surface area contributed by atoms with Crippen LogP contribution >= 0.6 is 0 Å². The Morgan fingerprint density at radius 2 is 1.52 bits per heavy atom. The number of rotatable bonds is 4. The Morgan fingerprint density at radius 3 is 2.40 bits per heavy atom. The van der Waals surface area contributed by atoms with Crippen LogP contribution in [-0.2, 0) is 0 Å². The number of oxazole rings is 1. The molecule has 0 spiro atoms. The van der Waals surface area contributed by atoms with Gasteiger partial charge >= 0.3 is 0 Å². The second-order valence-electron chi connectivity index (χ2n) is 9.76. The van der Waals surface area contributed by atoms with Crippen molar-refractivity contribution in [2.75, 3.05) is 0 Å². The van der Waals surface area contributed by atoms with Crippen LogP contribution in [0, 0.1) is 0 Å². The van der Waals surface area contributed by atoms with Gasteiger partial charge in [-0.15, -0.1) is 0 Å². The molecule has 0 fully saturated rings. The standard InChI is InChI=1S/C35H22N4O/c1-2-15-33-30(13-1)38-35(40-33)24-16-17-28-32(21-24)39(26-10-5-8-23(20-26)29-12-3-4-19-37-29)31-14-6-11-27(34(28)31)25-9-7-18-36-22-25/h1-22H. The smallest absolute Gasteiger partial charge is 0.227 e. The molecule has 5 heteroatoms. The molecule has 4 heterocycles. The van der Waals surface area contributed by atoms with Crippen molar-refractivity contribution in [1.29, 1.82) is 0 Å². The first kappa shape index (κ1) is 22.4. The first-order valence-electron chi connectivity index (χ1n) is 13.2. The van der Waals surface area contributed by atoms with E-state index in [1.54, 1.807) is 0 Å². The number of hydrogen-bond donors (Lipinski definition) is 0. The summed E-state index contributed by atoms with van der Waals surface area (Å²) in [6.45, 7) is 0. The minimum absolute atomic E-state index is 0.606. The lowest BCUT2D eigenvalue weighted by molar-refractivity contribution is 0.620. The Balaban J connectivity index is 1.43. The van der Waals surface area contributed by atoms with Gasteiger partial charge in [-0.1, -0.05) is 54.6 Å². The molecule has 0 amide bonds. The molecule has 0 atom stereocenters. The molecule has 0 aliphatic rings. The Kier molecular flexibility index (Phi) is 5.07. The number of aromatic nitrogens is 4. The maximum Gasteiger partial charge on any atom is 0.227 e. The Morgan fingerprint density at radius 1 is 0.625 bits per heavy atom. The van der Waals surface area contributed by atoms with Gasteiger partial charge in [0.15, 0.2) is 5.58 Å². The third-order valence-electron chi connectivity index (χ3n) is 7.37. The van der Waals surface area contributed by atoms with Crippen LogP contribution in [0.5, 0.6) is 0 Å². The molecule has 0 unspecified atom stereocenters. The Labute approximate surface area is 230 Å². The van der Waals surface area contributed by atoms with Crippen molar-refractivity contribution in [2.45, 2.75) is 0 Å². The molecule has 0 bridgehead atoms. The fraction of sp³-hybridized carbons (Fsp3) is 0. The second-order valence-corrected chi connectivity index (χ2v) is 9.76. The van der Waals surface area contributed by atoms with E-state index < -0.39 is 0 Å². The van der Waals surface area contributed by atoms with Crippen molar-refractivity contribution in [2.24, 2.45) is 0 Å². The molecule has 8 aromatic rings. The van der Waals surface area contributed by atoms with E-state index in [9.17, 15) is 0 Å². The van der Waals surface area contributed by atoms with Crippen LogP contribution < -0.4 is 0 Å². The number of para-hydroxylation sites is 2. The van der Waals surface area contributed by atoms with Crippen LogP contribution in [0.1, 0.15) is 0 Å². The molecule has 188 valence electrons. The van der Waals surface area contributed by atoms with Gasteiger partial charge in [0.25, 0.3) is 0 Å². The molecule has 0 radical (unpaired) electrons. The lowest BCUT2D eigenvalue weighted by atomic mass is 10.0. The Hall–Kier alpha value is -5.55. The maximum absolute atomic E-state index is 6.16. The minimum atomic E-state index is 0.606. The molecule has 40 heavy (non-hydrogen) atoms. The van der Waals surface area contributed by atoms with Crippen LogP contribution in [0.25, 0.3) is 72.4 Å². The van der Waals surface area contributed by atoms with Crippen molar-refractivity contribution in [1.82, 2.24) is 19.5 Å². The molecule has 0 N–H and O–H groups in total. The quantitative estimate of drug-likeness (QED) is 0.236. The first-order chi connectivity index (χ1) is 19.8. The number of benzene rings is 4. The topological polar surface area (TPSA) is 56.7 Å². The van der Waals surface area contributed by atoms with Crippen molar-refractivity contribution in [3.63, 3.8) is 0 Å². The van der Waals surface area contributed by atoms with Crippen LogP contribution in [0.3, 0.4) is 0 Å². The van der Waals surface area contributed by atoms with E-state index in [-0.39, 0.29) is 0 Å². The average molecular weight is 515 g/mol. The SMILES string of the molecule is c1ccc(-c2cccc(-n3c4cc(-c5nc6ccccc6o5)ccc4c4c(-c5cccnc5)cccc43)c2)nc1. The van der Waals surface area contributed by atoms with Crippen molar-refractivity contribution in [3.8, 4) is 39.5 Å². The second kappa shape index (κ2) is 9.03. The zero-order valence-corrected chi connectivity index (χ0v) is 21.4. The predicted octanol–water partition coefficient (Wildman–Crippen LogP) is 8.72. The fourth-order valence-corrected chi connectivity index (χ4v) is 5.57. The van der Waals surface area contributed by atoms with E-state index >= 15 is 0 Å². The van der Waals surface area contributed by atoms with Gasteiger partial charge in [-0.2, -0.15) is 0 Å². The monoisotopic (exact) mass is 514 g/mol. The highest BCUT2D eigenvalue weighted by Crippen LogP contribution is 2.40. The molecule has 0 saturated carbocycles.